The summed E-state index contributed by atoms with van der Waals surface area (Å²) in [5.41, 5.74) is 2.86. The van der Waals surface area contributed by atoms with Crippen molar-refractivity contribution in [1.82, 2.24) is 19.1 Å². The maximum absolute atomic E-state index is 13.9. The number of hydrogen-bond donors (Lipinski definition) is 0. The van der Waals surface area contributed by atoms with Gasteiger partial charge in [-0.2, -0.15) is 9.40 Å². The van der Waals surface area contributed by atoms with E-state index >= 15 is 0 Å². The number of nitrogens with zero attached hydrogens (tertiary/aromatic N) is 5. The van der Waals surface area contributed by atoms with Crippen molar-refractivity contribution in [1.29, 1.82) is 0 Å². The van der Waals surface area contributed by atoms with Crippen LogP contribution in [0.3, 0.4) is 0 Å². The summed E-state index contributed by atoms with van der Waals surface area (Å²) >= 11 is 0. The molecular weight excluding hydrogens is 530 g/mol. The summed E-state index contributed by atoms with van der Waals surface area (Å²) in [5.74, 6) is -0.321. The predicted molar refractivity (Wildman–Crippen MR) is 149 cm³/mol. The zero-order valence-corrected chi connectivity index (χ0v) is 23.5. The van der Waals surface area contributed by atoms with Gasteiger partial charge in [0, 0.05) is 19.0 Å². The van der Waals surface area contributed by atoms with E-state index in [1.807, 2.05) is 30.3 Å². The molecule has 2 aliphatic rings. The van der Waals surface area contributed by atoms with E-state index in [-0.39, 0.29) is 28.7 Å². The number of imide groups is 1. The number of ether oxygens (including phenoxy) is 1. The van der Waals surface area contributed by atoms with Crippen LogP contribution in [0.25, 0.3) is 10.9 Å². The molecule has 0 spiro atoms. The number of rotatable bonds is 6. The van der Waals surface area contributed by atoms with Crippen molar-refractivity contribution in [3.05, 3.63) is 76.7 Å². The Morgan fingerprint density at radius 3 is 2.40 bits per heavy atom. The Morgan fingerprint density at radius 1 is 0.975 bits per heavy atom. The lowest BCUT2D eigenvalue weighted by atomic mass is 10.0. The van der Waals surface area contributed by atoms with E-state index in [4.69, 9.17) is 4.74 Å². The molecule has 10 nitrogen and oxygen atoms in total. The molecule has 2 aromatic heterocycles. The van der Waals surface area contributed by atoms with Crippen LogP contribution in [0, 0.1) is 20.8 Å². The summed E-state index contributed by atoms with van der Waals surface area (Å²) < 4.78 is 36.7. The Balaban J connectivity index is 1.39. The maximum atomic E-state index is 13.9. The van der Waals surface area contributed by atoms with Crippen LogP contribution in [0.2, 0.25) is 0 Å². The average Bonchev–Trinajstić information content (AvgIpc) is 3.58. The molecule has 2 aliphatic heterocycles. The van der Waals surface area contributed by atoms with Gasteiger partial charge in [0.1, 0.15) is 12.4 Å². The van der Waals surface area contributed by atoms with Gasteiger partial charge in [-0.05, 0) is 63.9 Å². The molecule has 0 saturated carbocycles. The van der Waals surface area contributed by atoms with Crippen LogP contribution in [-0.4, -0.2) is 58.5 Å². The Kier molecular flexibility index (Phi) is 6.23. The quantitative estimate of drug-likeness (QED) is 0.329. The van der Waals surface area contributed by atoms with E-state index < -0.39 is 21.8 Å². The first-order chi connectivity index (χ1) is 19.1. The van der Waals surface area contributed by atoms with Gasteiger partial charge < -0.3 is 4.74 Å². The number of benzene rings is 2. The van der Waals surface area contributed by atoms with Crippen molar-refractivity contribution in [3.8, 4) is 5.75 Å². The molecule has 2 aromatic carbocycles. The molecule has 0 bridgehead atoms. The molecular formula is C29H29N5O5S. The minimum Gasteiger partial charge on any atom is -0.492 e. The smallest absolute Gasteiger partial charge is 0.268 e. The van der Waals surface area contributed by atoms with E-state index in [0.29, 0.717) is 52.4 Å². The monoisotopic (exact) mass is 559 g/mol. The number of amides is 2. The first kappa shape index (κ1) is 26.1. The number of sulfonamides is 1. The minimum atomic E-state index is -3.92. The lowest BCUT2D eigenvalue weighted by Gasteiger charge is -2.24. The number of carbonyl (C=O) groups excluding carboxylic acids is 2. The van der Waals surface area contributed by atoms with Crippen molar-refractivity contribution in [2.75, 3.05) is 18.1 Å². The van der Waals surface area contributed by atoms with Crippen molar-refractivity contribution in [3.63, 3.8) is 0 Å². The highest BCUT2D eigenvalue weighted by Gasteiger charge is 2.43. The molecule has 4 aromatic rings. The van der Waals surface area contributed by atoms with Crippen LogP contribution >= 0.6 is 0 Å². The molecule has 11 heteroatoms. The summed E-state index contributed by atoms with van der Waals surface area (Å²) in [4.78, 5) is 33.2. The van der Waals surface area contributed by atoms with Gasteiger partial charge >= 0.3 is 0 Å². The van der Waals surface area contributed by atoms with Crippen LogP contribution in [0.5, 0.6) is 5.75 Å². The highest BCUT2D eigenvalue weighted by Crippen LogP contribution is 2.38. The number of hydrogen-bond acceptors (Lipinski definition) is 7. The van der Waals surface area contributed by atoms with Crippen LogP contribution in [0.15, 0.2) is 53.4 Å². The number of aromatic nitrogens is 3. The van der Waals surface area contributed by atoms with Gasteiger partial charge in [-0.3, -0.25) is 19.3 Å². The van der Waals surface area contributed by atoms with Gasteiger partial charge in [0.25, 0.3) is 11.8 Å². The Hall–Kier alpha value is -4.09. The third-order valence-corrected chi connectivity index (χ3v) is 9.73. The summed E-state index contributed by atoms with van der Waals surface area (Å²) in [6, 6.07) is 13.6. The number of fused-ring (bicyclic) bond motifs is 3. The lowest BCUT2D eigenvalue weighted by molar-refractivity contribution is 0.0926. The molecule has 0 N–H and O–H groups in total. The molecule has 4 heterocycles. The van der Waals surface area contributed by atoms with Gasteiger partial charge in [0.05, 0.1) is 50.4 Å². The number of para-hydroxylation sites is 1. The van der Waals surface area contributed by atoms with Gasteiger partial charge in [-0.25, -0.2) is 13.3 Å². The van der Waals surface area contributed by atoms with Crippen molar-refractivity contribution >= 4 is 38.4 Å². The summed E-state index contributed by atoms with van der Waals surface area (Å²) in [7, 11) is -2.17. The fraction of sp³-hybridized carbons (Fsp3) is 0.310. The van der Waals surface area contributed by atoms with Crippen molar-refractivity contribution in [2.45, 2.75) is 44.6 Å². The standard InChI is InChI=1S/C29H29N5O5S/c1-17-25-26(29(36)34(28(25)35)27-18(2)31-32(4)19(27)3)23-15-22(12-13-24(23)30-17)40(37,38)33-14-8-9-20(33)16-39-21-10-6-5-7-11-21/h5-7,10-13,15,20H,8-9,14,16H2,1-4H3/t20-/m0/s1. The zero-order valence-electron chi connectivity index (χ0n) is 22.7. The molecule has 0 radical (unpaired) electrons. The number of carbonyl (C=O) groups is 2. The predicted octanol–water partition coefficient (Wildman–Crippen LogP) is 3.93. The Morgan fingerprint density at radius 2 is 1.70 bits per heavy atom. The Labute approximate surface area is 232 Å². The van der Waals surface area contributed by atoms with Crippen LogP contribution in [0.4, 0.5) is 5.69 Å². The minimum absolute atomic E-state index is 0.0481. The molecule has 0 unspecified atom stereocenters. The molecule has 6 rings (SSSR count). The van der Waals surface area contributed by atoms with E-state index in [1.165, 1.54) is 16.4 Å². The van der Waals surface area contributed by atoms with E-state index in [2.05, 4.69) is 10.1 Å². The second-order valence-electron chi connectivity index (χ2n) is 10.3. The topological polar surface area (TPSA) is 115 Å². The van der Waals surface area contributed by atoms with Crippen LogP contribution in [0.1, 0.15) is 50.6 Å². The number of pyridine rings is 1. The van der Waals surface area contributed by atoms with Gasteiger partial charge in [0.15, 0.2) is 0 Å². The van der Waals surface area contributed by atoms with Crippen molar-refractivity contribution < 1.29 is 22.7 Å². The lowest BCUT2D eigenvalue weighted by Crippen LogP contribution is -2.39. The third-order valence-electron chi connectivity index (χ3n) is 7.78. The maximum Gasteiger partial charge on any atom is 0.268 e. The highest BCUT2D eigenvalue weighted by atomic mass is 32.2. The molecule has 40 heavy (non-hydrogen) atoms. The van der Waals surface area contributed by atoms with Crippen LogP contribution in [-0.2, 0) is 17.1 Å². The summed E-state index contributed by atoms with van der Waals surface area (Å²) in [6.07, 6.45) is 1.40. The molecule has 206 valence electrons. The highest BCUT2D eigenvalue weighted by molar-refractivity contribution is 7.89. The molecule has 0 aliphatic carbocycles. The summed E-state index contributed by atoms with van der Waals surface area (Å²) in [5, 5.41) is 4.69. The molecule has 1 saturated heterocycles. The molecule has 1 atom stereocenters. The second kappa shape index (κ2) is 9.53. The van der Waals surface area contributed by atoms with Crippen LogP contribution < -0.4 is 9.64 Å². The third kappa shape index (κ3) is 3.99. The second-order valence-corrected chi connectivity index (χ2v) is 12.1. The average molecular weight is 560 g/mol. The SMILES string of the molecule is Cc1nc2ccc(S(=O)(=O)N3CCC[C@H]3COc3ccccc3)cc2c2c1C(=O)N(c1c(C)nn(C)c1C)C2=O. The van der Waals surface area contributed by atoms with E-state index in [9.17, 15) is 18.0 Å². The molecule has 2 amide bonds. The van der Waals surface area contributed by atoms with E-state index in [0.717, 1.165) is 11.3 Å². The summed E-state index contributed by atoms with van der Waals surface area (Å²) in [6.45, 7) is 5.83. The first-order valence-corrected chi connectivity index (χ1v) is 14.6. The fourth-order valence-corrected chi connectivity index (χ4v) is 7.46. The Bertz CT molecular complexity index is 1800. The number of aryl methyl sites for hydroxylation is 3. The van der Waals surface area contributed by atoms with Gasteiger partial charge in [0.2, 0.25) is 10.0 Å². The van der Waals surface area contributed by atoms with Crippen molar-refractivity contribution in [2.24, 2.45) is 7.05 Å². The molecule has 1 fully saturated rings. The normalized spacial score (nSPS) is 17.7. The first-order valence-electron chi connectivity index (χ1n) is 13.1. The zero-order chi connectivity index (χ0) is 28.3. The van der Waals surface area contributed by atoms with Gasteiger partial charge in [-0.15, -0.1) is 0 Å². The largest absolute Gasteiger partial charge is 0.492 e. The number of anilines is 1. The fourth-order valence-electron chi connectivity index (χ4n) is 5.75. The van der Waals surface area contributed by atoms with Gasteiger partial charge in [-0.1, -0.05) is 18.2 Å². The van der Waals surface area contributed by atoms with E-state index in [1.54, 1.807) is 38.6 Å².